The average Bonchev–Trinajstić information content (AvgIpc) is 2.56. The van der Waals surface area contributed by atoms with Crippen LogP contribution in [0.2, 0.25) is 0 Å². The number of hydrogen-bond donors (Lipinski definition) is 1. The number of carbonyl (C=O) groups excluding carboxylic acids is 1. The lowest BCUT2D eigenvalue weighted by atomic mass is 9.63. The third-order valence-corrected chi connectivity index (χ3v) is 5.53. The van der Waals surface area contributed by atoms with Crippen LogP contribution in [0.1, 0.15) is 47.0 Å². The van der Waals surface area contributed by atoms with E-state index in [2.05, 4.69) is 37.9 Å². The maximum atomic E-state index is 12.4. The molecule has 1 aliphatic heterocycles. The summed E-state index contributed by atoms with van der Waals surface area (Å²) in [7, 11) is 0. The molecule has 6 heteroatoms. The molecule has 2 aliphatic rings. The third kappa shape index (κ3) is 5.07. The van der Waals surface area contributed by atoms with Gasteiger partial charge in [-0.2, -0.15) is 0 Å². The molecule has 2 unspecified atom stereocenters. The van der Waals surface area contributed by atoms with Crippen LogP contribution >= 0.6 is 12.4 Å². The number of halogens is 1. The molecule has 1 aliphatic carbocycles. The molecular weight excluding hydrogens is 326 g/mol. The fourth-order valence-electron chi connectivity index (χ4n) is 3.99. The van der Waals surface area contributed by atoms with Gasteiger partial charge in [-0.3, -0.25) is 9.69 Å². The van der Waals surface area contributed by atoms with Crippen LogP contribution in [0.25, 0.3) is 0 Å². The normalized spacial score (nSPS) is 26.0. The maximum absolute atomic E-state index is 12.4. The molecule has 1 N–H and O–H groups in total. The Morgan fingerprint density at radius 1 is 1.25 bits per heavy atom. The van der Waals surface area contributed by atoms with E-state index in [1.165, 1.54) is 0 Å². The molecule has 1 heterocycles. The molecule has 24 heavy (non-hydrogen) atoms. The quantitative estimate of drug-likeness (QED) is 0.719. The second-order valence-electron chi connectivity index (χ2n) is 7.43. The summed E-state index contributed by atoms with van der Waals surface area (Å²) < 4.78 is 5.86. The first-order chi connectivity index (χ1) is 11.0. The minimum Gasteiger partial charge on any atom is -0.378 e. The molecular formula is C18H36ClN3O2. The van der Waals surface area contributed by atoms with E-state index in [1.54, 1.807) is 0 Å². The van der Waals surface area contributed by atoms with E-state index in [9.17, 15) is 4.79 Å². The van der Waals surface area contributed by atoms with Crippen molar-refractivity contribution in [1.29, 1.82) is 0 Å². The highest BCUT2D eigenvalue weighted by Gasteiger charge is 2.51. The van der Waals surface area contributed by atoms with E-state index >= 15 is 0 Å². The first kappa shape index (κ1) is 21.7. The second kappa shape index (κ2) is 9.95. The Hall–Kier alpha value is -0.360. The van der Waals surface area contributed by atoms with E-state index in [1.807, 2.05) is 4.90 Å². The zero-order valence-electron chi connectivity index (χ0n) is 15.8. The molecule has 2 rings (SSSR count). The summed E-state index contributed by atoms with van der Waals surface area (Å²) in [6.07, 6.45) is 3.24. The van der Waals surface area contributed by atoms with Gasteiger partial charge in [-0.25, -0.2) is 0 Å². The SMILES string of the molecule is CCCN(CCC(=O)N1CCNCC1)C1CC(OCC)C1(C)C.Cl. The van der Waals surface area contributed by atoms with Crippen LogP contribution < -0.4 is 5.32 Å². The molecule has 5 nitrogen and oxygen atoms in total. The number of ether oxygens (including phenoxy) is 1. The summed E-state index contributed by atoms with van der Waals surface area (Å²) in [5, 5.41) is 3.30. The summed E-state index contributed by atoms with van der Waals surface area (Å²) in [4.78, 5) is 16.9. The summed E-state index contributed by atoms with van der Waals surface area (Å²) in [5.41, 5.74) is 0.184. The Labute approximate surface area is 153 Å². The number of nitrogens with zero attached hydrogens (tertiary/aromatic N) is 2. The number of nitrogens with one attached hydrogen (secondary N) is 1. The molecule has 0 aromatic rings. The standard InChI is InChI=1S/C18H35N3O2.ClH/c1-5-10-20(15-14-16(23-6-2)18(15,3)4)11-7-17(22)21-12-8-19-9-13-21;/h15-16,19H,5-14H2,1-4H3;1H. The molecule has 0 bridgehead atoms. The third-order valence-electron chi connectivity index (χ3n) is 5.53. The van der Waals surface area contributed by atoms with Gasteiger partial charge in [-0.05, 0) is 26.3 Å². The van der Waals surface area contributed by atoms with Crippen molar-refractivity contribution in [2.45, 2.75) is 59.1 Å². The van der Waals surface area contributed by atoms with Crippen LogP contribution in [0.5, 0.6) is 0 Å². The lowest BCUT2D eigenvalue weighted by Gasteiger charge is -2.56. The minimum absolute atomic E-state index is 0. The number of amides is 1. The maximum Gasteiger partial charge on any atom is 0.223 e. The largest absolute Gasteiger partial charge is 0.378 e. The number of carbonyl (C=O) groups is 1. The smallest absolute Gasteiger partial charge is 0.223 e. The number of hydrogen-bond acceptors (Lipinski definition) is 4. The second-order valence-corrected chi connectivity index (χ2v) is 7.43. The van der Waals surface area contributed by atoms with Crippen LogP contribution in [0.3, 0.4) is 0 Å². The van der Waals surface area contributed by atoms with Gasteiger partial charge in [-0.15, -0.1) is 12.4 Å². The van der Waals surface area contributed by atoms with Crippen molar-refractivity contribution in [2.24, 2.45) is 5.41 Å². The lowest BCUT2D eigenvalue weighted by molar-refractivity contribution is -0.152. The Kier molecular flexibility index (Phi) is 8.99. The summed E-state index contributed by atoms with van der Waals surface area (Å²) in [6, 6.07) is 0.537. The van der Waals surface area contributed by atoms with Crippen LogP contribution in [0.15, 0.2) is 0 Å². The van der Waals surface area contributed by atoms with Crippen molar-refractivity contribution in [3.05, 3.63) is 0 Å². The van der Waals surface area contributed by atoms with Gasteiger partial charge in [-0.1, -0.05) is 20.8 Å². The van der Waals surface area contributed by atoms with Gasteiger partial charge in [0.25, 0.3) is 0 Å². The van der Waals surface area contributed by atoms with Gasteiger partial charge in [0.1, 0.15) is 0 Å². The predicted octanol–water partition coefficient (Wildman–Crippen LogP) is 2.15. The summed E-state index contributed by atoms with van der Waals surface area (Å²) in [5.74, 6) is 0.311. The Morgan fingerprint density at radius 3 is 2.46 bits per heavy atom. The molecule has 1 saturated carbocycles. The van der Waals surface area contributed by atoms with E-state index in [0.29, 0.717) is 24.5 Å². The molecule has 0 radical (unpaired) electrons. The first-order valence-electron chi connectivity index (χ1n) is 9.34. The van der Waals surface area contributed by atoms with E-state index in [0.717, 1.165) is 58.7 Å². The Balaban J connectivity index is 0.00000288. The summed E-state index contributed by atoms with van der Waals surface area (Å²) >= 11 is 0. The molecule has 0 aromatic carbocycles. The Morgan fingerprint density at radius 2 is 1.92 bits per heavy atom. The zero-order valence-corrected chi connectivity index (χ0v) is 16.7. The zero-order chi connectivity index (χ0) is 16.9. The van der Waals surface area contributed by atoms with Crippen molar-refractivity contribution in [3.63, 3.8) is 0 Å². The molecule has 0 aromatic heterocycles. The van der Waals surface area contributed by atoms with E-state index in [4.69, 9.17) is 4.74 Å². The van der Waals surface area contributed by atoms with Gasteiger partial charge in [0, 0.05) is 57.2 Å². The first-order valence-corrected chi connectivity index (χ1v) is 9.34. The minimum atomic E-state index is 0. The van der Waals surface area contributed by atoms with Crippen molar-refractivity contribution < 1.29 is 9.53 Å². The highest BCUT2D eigenvalue weighted by atomic mass is 35.5. The molecule has 2 fully saturated rings. The highest BCUT2D eigenvalue weighted by molar-refractivity contribution is 5.85. The van der Waals surface area contributed by atoms with Crippen LogP contribution in [-0.4, -0.2) is 73.7 Å². The fourth-order valence-corrected chi connectivity index (χ4v) is 3.99. The molecule has 2 atom stereocenters. The van der Waals surface area contributed by atoms with Gasteiger partial charge < -0.3 is 15.0 Å². The summed E-state index contributed by atoms with van der Waals surface area (Å²) in [6.45, 7) is 15.2. The van der Waals surface area contributed by atoms with Crippen molar-refractivity contribution in [3.8, 4) is 0 Å². The van der Waals surface area contributed by atoms with Crippen LogP contribution in [0.4, 0.5) is 0 Å². The van der Waals surface area contributed by atoms with Crippen LogP contribution in [-0.2, 0) is 9.53 Å². The van der Waals surface area contributed by atoms with Gasteiger partial charge in [0.15, 0.2) is 0 Å². The monoisotopic (exact) mass is 361 g/mol. The van der Waals surface area contributed by atoms with Gasteiger partial charge in [0.05, 0.1) is 6.10 Å². The number of rotatable bonds is 8. The van der Waals surface area contributed by atoms with Crippen molar-refractivity contribution in [2.75, 3.05) is 45.9 Å². The molecule has 1 saturated heterocycles. The van der Waals surface area contributed by atoms with Gasteiger partial charge in [0.2, 0.25) is 5.91 Å². The van der Waals surface area contributed by atoms with Crippen LogP contribution in [0, 0.1) is 5.41 Å². The average molecular weight is 362 g/mol. The molecule has 0 spiro atoms. The van der Waals surface area contributed by atoms with Crippen molar-refractivity contribution >= 4 is 18.3 Å². The molecule has 142 valence electrons. The van der Waals surface area contributed by atoms with Gasteiger partial charge >= 0.3 is 0 Å². The fraction of sp³-hybridized carbons (Fsp3) is 0.944. The van der Waals surface area contributed by atoms with E-state index < -0.39 is 0 Å². The van der Waals surface area contributed by atoms with Crippen molar-refractivity contribution in [1.82, 2.24) is 15.1 Å². The van der Waals surface area contributed by atoms with E-state index in [-0.39, 0.29) is 17.8 Å². The Bertz CT molecular complexity index is 386. The molecule has 1 amide bonds. The number of piperazine rings is 1. The lowest BCUT2D eigenvalue weighted by Crippen LogP contribution is -2.62. The highest BCUT2D eigenvalue weighted by Crippen LogP contribution is 2.45. The predicted molar refractivity (Wildman–Crippen MR) is 101 cm³/mol. The topological polar surface area (TPSA) is 44.8 Å².